The van der Waals surface area contributed by atoms with E-state index in [4.69, 9.17) is 9.84 Å². The van der Waals surface area contributed by atoms with Gasteiger partial charge in [-0.05, 0) is 17.7 Å². The lowest BCUT2D eigenvalue weighted by atomic mass is 10.00. The summed E-state index contributed by atoms with van der Waals surface area (Å²) in [7, 11) is 1.53. The summed E-state index contributed by atoms with van der Waals surface area (Å²) >= 11 is 0. The van der Waals surface area contributed by atoms with Gasteiger partial charge in [0.25, 0.3) is 5.91 Å². The number of rotatable bonds is 3. The Hall–Kier alpha value is -1.47. The number of benzene rings is 1. The molecule has 1 saturated heterocycles. The zero-order valence-electron chi connectivity index (χ0n) is 10.5. The number of aliphatic hydroxyl groups excluding tert-OH is 3. The highest BCUT2D eigenvalue weighted by atomic mass is 16.6. The minimum Gasteiger partial charge on any atom is -0.394 e. The van der Waals surface area contributed by atoms with E-state index in [-0.39, 0.29) is 12.5 Å². The van der Waals surface area contributed by atoms with Gasteiger partial charge in [-0.1, -0.05) is 12.1 Å². The monoisotopic (exact) mass is 267 g/mol. The topological polar surface area (TPSA) is 99.0 Å². The molecule has 1 aliphatic rings. The summed E-state index contributed by atoms with van der Waals surface area (Å²) in [5, 5.41) is 31.2. The summed E-state index contributed by atoms with van der Waals surface area (Å²) in [4.78, 5) is 11.5. The number of hydrogen-bond acceptors (Lipinski definition) is 5. The van der Waals surface area contributed by atoms with Gasteiger partial charge in [0.05, 0.1) is 6.61 Å². The number of carbonyl (C=O) groups is 1. The zero-order valence-corrected chi connectivity index (χ0v) is 10.5. The second kappa shape index (κ2) is 5.66. The summed E-state index contributed by atoms with van der Waals surface area (Å²) in [5.41, 5.74) is 1.03. The van der Waals surface area contributed by atoms with Crippen molar-refractivity contribution in [1.29, 1.82) is 0 Å². The van der Waals surface area contributed by atoms with Crippen molar-refractivity contribution in [2.75, 3.05) is 13.7 Å². The summed E-state index contributed by atoms with van der Waals surface area (Å²) in [6, 6.07) is 6.62. The first-order valence-corrected chi connectivity index (χ1v) is 6.03. The molecule has 2 rings (SSSR count). The first kappa shape index (κ1) is 14.0. The Kier molecular flexibility index (Phi) is 4.16. The maximum Gasteiger partial charge on any atom is 0.251 e. The molecule has 0 unspecified atom stereocenters. The number of aliphatic hydroxyl groups is 3. The molecule has 4 N–H and O–H groups in total. The second-order valence-corrected chi connectivity index (χ2v) is 4.46. The molecule has 0 aromatic heterocycles. The first-order chi connectivity index (χ1) is 9.08. The Morgan fingerprint density at radius 3 is 2.68 bits per heavy atom. The summed E-state index contributed by atoms with van der Waals surface area (Å²) in [6.07, 6.45) is -3.84. The Balaban J connectivity index is 2.25. The highest BCUT2D eigenvalue weighted by Gasteiger charge is 2.42. The molecule has 1 aromatic rings. The highest BCUT2D eigenvalue weighted by molar-refractivity contribution is 5.94. The fourth-order valence-corrected chi connectivity index (χ4v) is 2.18. The third-order valence-electron chi connectivity index (χ3n) is 3.25. The van der Waals surface area contributed by atoms with Crippen LogP contribution in [0.2, 0.25) is 0 Å². The van der Waals surface area contributed by atoms with Crippen LogP contribution in [0.3, 0.4) is 0 Å². The van der Waals surface area contributed by atoms with Crippen molar-refractivity contribution in [3.8, 4) is 0 Å². The maximum atomic E-state index is 11.5. The van der Waals surface area contributed by atoms with E-state index in [0.29, 0.717) is 11.1 Å². The van der Waals surface area contributed by atoms with Gasteiger partial charge in [0, 0.05) is 12.6 Å². The van der Waals surface area contributed by atoms with Gasteiger partial charge in [0.15, 0.2) is 0 Å². The van der Waals surface area contributed by atoms with Gasteiger partial charge < -0.3 is 25.4 Å². The van der Waals surface area contributed by atoms with E-state index < -0.39 is 24.4 Å². The molecule has 1 fully saturated rings. The molecule has 104 valence electrons. The van der Waals surface area contributed by atoms with Gasteiger partial charge in [0.1, 0.15) is 24.4 Å². The van der Waals surface area contributed by atoms with Crippen LogP contribution in [0.1, 0.15) is 22.0 Å². The lowest BCUT2D eigenvalue weighted by Gasteiger charge is -2.15. The van der Waals surface area contributed by atoms with Gasteiger partial charge in [-0.2, -0.15) is 0 Å². The summed E-state index contributed by atoms with van der Waals surface area (Å²) in [5.74, 6) is -0.242. The van der Waals surface area contributed by atoms with Crippen molar-refractivity contribution in [1.82, 2.24) is 5.32 Å². The van der Waals surface area contributed by atoms with Crippen LogP contribution in [0, 0.1) is 0 Å². The van der Waals surface area contributed by atoms with E-state index >= 15 is 0 Å². The second-order valence-electron chi connectivity index (χ2n) is 4.46. The van der Waals surface area contributed by atoms with Crippen molar-refractivity contribution >= 4 is 5.91 Å². The zero-order chi connectivity index (χ0) is 14.0. The number of carbonyl (C=O) groups excluding carboxylic acids is 1. The van der Waals surface area contributed by atoms with Crippen molar-refractivity contribution in [3.63, 3.8) is 0 Å². The van der Waals surface area contributed by atoms with Crippen LogP contribution in [-0.2, 0) is 4.74 Å². The fourth-order valence-electron chi connectivity index (χ4n) is 2.18. The van der Waals surface area contributed by atoms with Crippen LogP contribution in [0.15, 0.2) is 24.3 Å². The highest BCUT2D eigenvalue weighted by Crippen LogP contribution is 2.33. The molecule has 0 saturated carbocycles. The molecule has 6 nitrogen and oxygen atoms in total. The van der Waals surface area contributed by atoms with Gasteiger partial charge in [-0.15, -0.1) is 0 Å². The van der Waals surface area contributed by atoms with Crippen molar-refractivity contribution in [3.05, 3.63) is 35.4 Å². The van der Waals surface area contributed by atoms with Crippen LogP contribution >= 0.6 is 0 Å². The van der Waals surface area contributed by atoms with Gasteiger partial charge in [-0.3, -0.25) is 4.79 Å². The third-order valence-corrected chi connectivity index (χ3v) is 3.25. The predicted molar refractivity (Wildman–Crippen MR) is 66.5 cm³/mol. The molecule has 19 heavy (non-hydrogen) atoms. The van der Waals surface area contributed by atoms with Crippen LogP contribution in [0.4, 0.5) is 0 Å². The SMILES string of the molecule is CNC(=O)c1cccc([C@@H]2O[C@H](CO)[C@@H](O)[C@H]2O)c1. The lowest BCUT2D eigenvalue weighted by Crippen LogP contribution is -2.32. The van der Waals surface area contributed by atoms with Gasteiger partial charge in [0.2, 0.25) is 0 Å². The first-order valence-electron chi connectivity index (χ1n) is 6.03. The standard InChI is InChI=1S/C13H17NO5/c1-14-13(18)8-4-2-3-7(5-8)12-11(17)10(16)9(6-15)19-12/h2-5,9-12,15-17H,6H2,1H3,(H,14,18)/t9-,10-,11-,12+/m1/s1. The Bertz CT molecular complexity index is 464. The molecule has 1 heterocycles. The molecule has 0 bridgehead atoms. The minimum absolute atomic E-state index is 0.242. The molecule has 4 atom stereocenters. The van der Waals surface area contributed by atoms with E-state index in [1.54, 1.807) is 24.3 Å². The van der Waals surface area contributed by atoms with Crippen molar-refractivity contribution < 1.29 is 24.9 Å². The lowest BCUT2D eigenvalue weighted by molar-refractivity contribution is -0.0227. The van der Waals surface area contributed by atoms with E-state index in [2.05, 4.69) is 5.32 Å². The van der Waals surface area contributed by atoms with Crippen LogP contribution in [0.5, 0.6) is 0 Å². The number of hydrogen-bond donors (Lipinski definition) is 4. The van der Waals surface area contributed by atoms with Crippen LogP contribution in [0.25, 0.3) is 0 Å². The van der Waals surface area contributed by atoms with Crippen molar-refractivity contribution in [2.24, 2.45) is 0 Å². The molecular formula is C13H17NO5. The maximum absolute atomic E-state index is 11.5. The van der Waals surface area contributed by atoms with Crippen molar-refractivity contribution in [2.45, 2.75) is 24.4 Å². The van der Waals surface area contributed by atoms with E-state index in [0.717, 1.165) is 0 Å². The Labute approximate surface area is 110 Å². The summed E-state index contributed by atoms with van der Waals surface area (Å²) in [6.45, 7) is -0.371. The average Bonchev–Trinajstić information content (AvgIpc) is 2.74. The van der Waals surface area contributed by atoms with E-state index in [1.165, 1.54) is 7.05 Å². The minimum atomic E-state index is -1.14. The van der Waals surface area contributed by atoms with Gasteiger partial charge in [-0.25, -0.2) is 0 Å². The number of amides is 1. The molecule has 1 aliphatic heterocycles. The molecule has 6 heteroatoms. The molecule has 1 amide bonds. The smallest absolute Gasteiger partial charge is 0.251 e. The largest absolute Gasteiger partial charge is 0.394 e. The van der Waals surface area contributed by atoms with E-state index in [1.807, 2.05) is 0 Å². The fraction of sp³-hybridized carbons (Fsp3) is 0.462. The quantitative estimate of drug-likeness (QED) is 0.574. The van der Waals surface area contributed by atoms with Crippen LogP contribution in [-0.4, -0.2) is 53.2 Å². The predicted octanol–water partition coefficient (Wildman–Crippen LogP) is -0.800. The Morgan fingerprint density at radius 1 is 1.37 bits per heavy atom. The third kappa shape index (κ3) is 2.62. The van der Waals surface area contributed by atoms with E-state index in [9.17, 15) is 15.0 Å². The summed E-state index contributed by atoms with van der Waals surface area (Å²) < 4.78 is 5.41. The average molecular weight is 267 g/mol. The number of nitrogens with one attached hydrogen (secondary N) is 1. The van der Waals surface area contributed by atoms with Gasteiger partial charge >= 0.3 is 0 Å². The molecule has 0 aliphatic carbocycles. The molecule has 1 aromatic carbocycles. The normalized spacial score (nSPS) is 30.3. The molecule has 0 radical (unpaired) electrons. The van der Waals surface area contributed by atoms with Crippen LogP contribution < -0.4 is 5.32 Å². The molecular weight excluding hydrogens is 250 g/mol. The number of ether oxygens (including phenoxy) is 1. The molecule has 0 spiro atoms. The Morgan fingerprint density at radius 2 is 2.11 bits per heavy atom.